The minimum atomic E-state index is -6.22. The van der Waals surface area contributed by atoms with Gasteiger partial charge in [0, 0.05) is 24.2 Å². The predicted molar refractivity (Wildman–Crippen MR) is 135 cm³/mol. The number of rotatable bonds is 9. The van der Waals surface area contributed by atoms with Gasteiger partial charge in [0.25, 0.3) is 5.60 Å². The SMILES string of the molecule is O=C(O)CN1CCC(c2ccc(C(OCc3c(F)cccc3F)(C(F)(F)F)C(F)(F)F)cc2)(S(=O)(=O)c2ccc(F)cc2)C1. The standard InChI is InChI=1S/C28H22F9NO5S/c29-19-8-10-20(11-9-19)44(41,42)25(12-13-38(16-25)14-24(39)40)17-4-6-18(7-5-17)26(27(32,33)34,28(35,36)37)43-15-21-22(30)2-1-3-23(21)31/h1-11H,12-16H2,(H,39,40). The lowest BCUT2D eigenvalue weighted by Gasteiger charge is -2.38. The van der Waals surface area contributed by atoms with Gasteiger partial charge in [-0.1, -0.05) is 30.3 Å². The molecule has 0 saturated carbocycles. The summed E-state index contributed by atoms with van der Waals surface area (Å²) in [6, 6.07) is 7.72. The van der Waals surface area contributed by atoms with Crippen LogP contribution >= 0.6 is 0 Å². The maximum atomic E-state index is 14.3. The molecule has 3 aromatic carbocycles. The number of carboxylic acid groups (broad SMARTS) is 1. The molecule has 1 fully saturated rings. The van der Waals surface area contributed by atoms with Crippen LogP contribution in [0.4, 0.5) is 39.5 Å². The molecule has 6 nitrogen and oxygen atoms in total. The number of sulfone groups is 1. The molecule has 1 saturated heterocycles. The van der Waals surface area contributed by atoms with Crippen LogP contribution in [0.1, 0.15) is 23.1 Å². The summed E-state index contributed by atoms with van der Waals surface area (Å²) < 4.78 is 158. The number of benzene rings is 3. The van der Waals surface area contributed by atoms with Crippen LogP contribution < -0.4 is 0 Å². The number of hydrogen-bond acceptors (Lipinski definition) is 5. The minimum absolute atomic E-state index is 0.124. The molecule has 0 amide bonds. The molecule has 16 heteroatoms. The Kier molecular flexibility index (Phi) is 8.85. The quantitative estimate of drug-likeness (QED) is 0.222. The Labute approximate surface area is 244 Å². The first-order valence-electron chi connectivity index (χ1n) is 12.6. The van der Waals surface area contributed by atoms with Crippen molar-refractivity contribution in [2.45, 2.75) is 40.6 Å². The van der Waals surface area contributed by atoms with Gasteiger partial charge in [0.2, 0.25) is 0 Å². The Morgan fingerprint density at radius 3 is 1.91 bits per heavy atom. The highest BCUT2D eigenvalue weighted by Gasteiger charge is 2.73. The minimum Gasteiger partial charge on any atom is -0.480 e. The van der Waals surface area contributed by atoms with Crippen molar-refractivity contribution in [2.24, 2.45) is 0 Å². The van der Waals surface area contributed by atoms with Crippen LogP contribution in [0, 0.1) is 17.5 Å². The lowest BCUT2D eigenvalue weighted by atomic mass is 9.88. The number of hydrogen-bond donors (Lipinski definition) is 1. The molecule has 1 aliphatic rings. The number of nitrogens with zero attached hydrogens (tertiary/aromatic N) is 1. The van der Waals surface area contributed by atoms with E-state index in [2.05, 4.69) is 4.74 Å². The number of carboxylic acids is 1. The van der Waals surface area contributed by atoms with Gasteiger partial charge in [0.1, 0.15) is 22.2 Å². The van der Waals surface area contributed by atoms with E-state index in [-0.39, 0.29) is 18.5 Å². The summed E-state index contributed by atoms with van der Waals surface area (Å²) in [4.78, 5) is 12.1. The second-order valence-corrected chi connectivity index (χ2v) is 12.3. The van der Waals surface area contributed by atoms with E-state index in [1.807, 2.05) is 0 Å². The molecule has 4 rings (SSSR count). The van der Waals surface area contributed by atoms with Gasteiger partial charge in [0.15, 0.2) is 9.84 Å². The number of halogens is 9. The smallest absolute Gasteiger partial charge is 0.430 e. The van der Waals surface area contributed by atoms with Gasteiger partial charge in [-0.15, -0.1) is 0 Å². The van der Waals surface area contributed by atoms with Gasteiger partial charge in [0.05, 0.1) is 18.0 Å². The molecule has 44 heavy (non-hydrogen) atoms. The fourth-order valence-electron chi connectivity index (χ4n) is 5.23. The third kappa shape index (κ3) is 5.77. The second kappa shape index (κ2) is 11.7. The van der Waals surface area contributed by atoms with Gasteiger partial charge >= 0.3 is 18.3 Å². The van der Waals surface area contributed by atoms with Crippen molar-refractivity contribution in [3.8, 4) is 0 Å². The van der Waals surface area contributed by atoms with E-state index in [0.717, 1.165) is 30.3 Å². The third-order valence-electron chi connectivity index (χ3n) is 7.42. The zero-order chi connectivity index (χ0) is 32.7. The van der Waals surface area contributed by atoms with E-state index in [0.29, 0.717) is 36.4 Å². The molecule has 0 radical (unpaired) electrons. The highest BCUT2D eigenvalue weighted by molar-refractivity contribution is 7.92. The summed E-state index contributed by atoms with van der Waals surface area (Å²) in [5, 5.41) is 9.20. The summed E-state index contributed by atoms with van der Waals surface area (Å²) in [5.74, 6) is -5.00. The number of ether oxygens (including phenoxy) is 1. The summed E-state index contributed by atoms with van der Waals surface area (Å²) in [7, 11) is -4.56. The molecular formula is C28H22F9NO5S. The van der Waals surface area contributed by atoms with Crippen LogP contribution in [0.15, 0.2) is 71.6 Å². The third-order valence-corrected chi connectivity index (χ3v) is 9.91. The summed E-state index contributed by atoms with van der Waals surface area (Å²) >= 11 is 0. The Hall–Kier alpha value is -3.63. The first-order chi connectivity index (χ1) is 20.4. The second-order valence-electron chi connectivity index (χ2n) is 10.0. The normalized spacial score (nSPS) is 18.5. The topological polar surface area (TPSA) is 83.9 Å². The first kappa shape index (κ1) is 33.3. The van der Waals surface area contributed by atoms with Crippen molar-refractivity contribution in [1.29, 1.82) is 0 Å². The molecule has 0 aromatic heterocycles. The molecular weight excluding hydrogens is 633 g/mol. The molecule has 1 unspecified atom stereocenters. The van der Waals surface area contributed by atoms with Crippen molar-refractivity contribution >= 4 is 15.8 Å². The molecule has 0 bridgehead atoms. The zero-order valence-corrected chi connectivity index (χ0v) is 23.0. The number of aliphatic carboxylic acids is 1. The van der Waals surface area contributed by atoms with E-state index < -0.39 is 91.7 Å². The van der Waals surface area contributed by atoms with Gasteiger partial charge in [-0.05, 0) is 48.4 Å². The lowest BCUT2D eigenvalue weighted by molar-refractivity contribution is -0.392. The fraction of sp³-hybridized carbons (Fsp3) is 0.321. The Bertz CT molecular complexity index is 1590. The number of alkyl halides is 6. The highest BCUT2D eigenvalue weighted by atomic mass is 32.2. The Morgan fingerprint density at radius 1 is 0.864 bits per heavy atom. The predicted octanol–water partition coefficient (Wildman–Crippen LogP) is 6.10. The van der Waals surface area contributed by atoms with Crippen molar-refractivity contribution in [1.82, 2.24) is 4.90 Å². The average molecular weight is 656 g/mol. The van der Waals surface area contributed by atoms with Crippen molar-refractivity contribution in [2.75, 3.05) is 19.6 Å². The number of carbonyl (C=O) groups is 1. The average Bonchev–Trinajstić information content (AvgIpc) is 3.34. The molecule has 1 N–H and O–H groups in total. The zero-order valence-electron chi connectivity index (χ0n) is 22.2. The molecule has 0 spiro atoms. The van der Waals surface area contributed by atoms with E-state index in [4.69, 9.17) is 0 Å². The number of likely N-dealkylation sites (tertiary alicyclic amines) is 1. The molecule has 3 aromatic rings. The van der Waals surface area contributed by atoms with Gasteiger partial charge < -0.3 is 9.84 Å². The first-order valence-corrected chi connectivity index (χ1v) is 14.1. The molecule has 1 aliphatic heterocycles. The van der Waals surface area contributed by atoms with Gasteiger partial charge in [-0.25, -0.2) is 21.6 Å². The molecule has 238 valence electrons. The maximum Gasteiger partial charge on any atom is 0.430 e. The van der Waals surface area contributed by atoms with Crippen LogP contribution in [0.5, 0.6) is 0 Å². The van der Waals surface area contributed by atoms with E-state index >= 15 is 0 Å². The highest BCUT2D eigenvalue weighted by Crippen LogP contribution is 2.54. The van der Waals surface area contributed by atoms with Gasteiger partial charge in [-0.3, -0.25) is 9.69 Å². The summed E-state index contributed by atoms with van der Waals surface area (Å²) in [6.07, 6.45) is -12.8. The molecule has 1 heterocycles. The fourth-order valence-corrected chi connectivity index (χ4v) is 7.33. The van der Waals surface area contributed by atoms with Crippen molar-refractivity contribution in [3.05, 3.63) is 101 Å². The van der Waals surface area contributed by atoms with Gasteiger partial charge in [-0.2, -0.15) is 26.3 Å². The van der Waals surface area contributed by atoms with E-state index in [1.165, 1.54) is 4.90 Å². The largest absolute Gasteiger partial charge is 0.480 e. The Morgan fingerprint density at radius 2 is 1.41 bits per heavy atom. The lowest BCUT2D eigenvalue weighted by Crippen LogP contribution is -2.56. The van der Waals surface area contributed by atoms with Crippen molar-refractivity contribution < 1.29 is 62.6 Å². The van der Waals surface area contributed by atoms with Crippen LogP contribution in [0.3, 0.4) is 0 Å². The molecule has 0 aliphatic carbocycles. The van der Waals surface area contributed by atoms with Crippen molar-refractivity contribution in [3.63, 3.8) is 0 Å². The van der Waals surface area contributed by atoms with E-state index in [9.17, 15) is 57.8 Å². The van der Waals surface area contributed by atoms with Crippen LogP contribution in [-0.4, -0.2) is 56.4 Å². The maximum absolute atomic E-state index is 14.3. The van der Waals surface area contributed by atoms with Crippen LogP contribution in [0.2, 0.25) is 0 Å². The van der Waals surface area contributed by atoms with E-state index in [1.54, 1.807) is 0 Å². The molecule has 1 atom stereocenters. The summed E-state index contributed by atoms with van der Waals surface area (Å²) in [6.45, 7) is -3.03. The monoisotopic (exact) mass is 655 g/mol. The van der Waals surface area contributed by atoms with Crippen LogP contribution in [-0.2, 0) is 36.3 Å². The van der Waals surface area contributed by atoms with Crippen LogP contribution in [0.25, 0.3) is 0 Å². The Balaban J connectivity index is 1.85. The summed E-state index contributed by atoms with van der Waals surface area (Å²) in [5.41, 5.74) is -8.12.